The van der Waals surface area contributed by atoms with Crippen LogP contribution in [0.25, 0.3) is 0 Å². The second kappa shape index (κ2) is 4.56. The zero-order valence-electron chi connectivity index (χ0n) is 8.46. The Kier molecular flexibility index (Phi) is 3.67. The highest BCUT2D eigenvalue weighted by atomic mass is 32.1. The molecule has 0 aliphatic carbocycles. The molecule has 0 atom stereocenters. The average Bonchev–Trinajstić information content (AvgIpc) is 2.53. The van der Waals surface area contributed by atoms with Gasteiger partial charge in [-0.2, -0.15) is 0 Å². The SMILES string of the molecule is CCC(CC)C(=S)c1ccoc1C. The van der Waals surface area contributed by atoms with Crippen LogP contribution < -0.4 is 0 Å². The molecule has 0 unspecified atom stereocenters. The predicted octanol–water partition coefficient (Wildman–Crippen LogP) is 3.74. The topological polar surface area (TPSA) is 13.1 Å². The van der Waals surface area contributed by atoms with E-state index in [0.717, 1.165) is 29.0 Å². The number of rotatable bonds is 4. The Labute approximate surface area is 85.1 Å². The monoisotopic (exact) mass is 196 g/mol. The maximum atomic E-state index is 5.42. The largest absolute Gasteiger partial charge is 0.469 e. The van der Waals surface area contributed by atoms with Gasteiger partial charge in [-0.05, 0) is 31.7 Å². The lowest BCUT2D eigenvalue weighted by Crippen LogP contribution is -2.11. The van der Waals surface area contributed by atoms with Crippen molar-refractivity contribution in [2.24, 2.45) is 5.92 Å². The first-order valence-corrected chi connectivity index (χ1v) is 5.19. The number of furan rings is 1. The summed E-state index contributed by atoms with van der Waals surface area (Å²) in [5, 5.41) is 0. The van der Waals surface area contributed by atoms with Gasteiger partial charge in [0, 0.05) is 10.4 Å². The van der Waals surface area contributed by atoms with Gasteiger partial charge < -0.3 is 4.42 Å². The molecule has 0 saturated heterocycles. The van der Waals surface area contributed by atoms with Gasteiger partial charge in [0.15, 0.2) is 0 Å². The van der Waals surface area contributed by atoms with Gasteiger partial charge in [0.25, 0.3) is 0 Å². The van der Waals surface area contributed by atoms with E-state index in [9.17, 15) is 0 Å². The van der Waals surface area contributed by atoms with Gasteiger partial charge in [-0.1, -0.05) is 26.1 Å². The number of hydrogen-bond donors (Lipinski definition) is 0. The van der Waals surface area contributed by atoms with E-state index in [-0.39, 0.29) is 0 Å². The molecule has 0 bridgehead atoms. The van der Waals surface area contributed by atoms with E-state index >= 15 is 0 Å². The molecule has 72 valence electrons. The van der Waals surface area contributed by atoms with Gasteiger partial charge in [0.2, 0.25) is 0 Å². The molecule has 0 saturated carbocycles. The fourth-order valence-corrected chi connectivity index (χ4v) is 2.07. The smallest absolute Gasteiger partial charge is 0.109 e. The fraction of sp³-hybridized carbons (Fsp3) is 0.545. The van der Waals surface area contributed by atoms with Crippen LogP contribution in [0, 0.1) is 12.8 Å². The summed E-state index contributed by atoms with van der Waals surface area (Å²) in [4.78, 5) is 1.05. The van der Waals surface area contributed by atoms with Crippen LogP contribution in [0.4, 0.5) is 0 Å². The Morgan fingerprint density at radius 3 is 2.46 bits per heavy atom. The van der Waals surface area contributed by atoms with Crippen molar-refractivity contribution in [2.75, 3.05) is 0 Å². The van der Waals surface area contributed by atoms with E-state index in [0.29, 0.717) is 5.92 Å². The van der Waals surface area contributed by atoms with Crippen LogP contribution in [0.2, 0.25) is 0 Å². The molecule has 0 aliphatic rings. The van der Waals surface area contributed by atoms with Crippen molar-refractivity contribution < 1.29 is 4.42 Å². The Balaban J connectivity index is 2.84. The third-order valence-electron chi connectivity index (χ3n) is 2.48. The van der Waals surface area contributed by atoms with Crippen LogP contribution in [-0.2, 0) is 0 Å². The van der Waals surface area contributed by atoms with Crippen LogP contribution in [0.5, 0.6) is 0 Å². The first-order chi connectivity index (χ1) is 6.20. The number of hydrogen-bond acceptors (Lipinski definition) is 2. The summed E-state index contributed by atoms with van der Waals surface area (Å²) in [6.07, 6.45) is 3.93. The third-order valence-corrected chi connectivity index (χ3v) is 3.03. The van der Waals surface area contributed by atoms with Crippen LogP contribution in [0.1, 0.15) is 38.0 Å². The lowest BCUT2D eigenvalue weighted by molar-refractivity contribution is 0.533. The zero-order valence-corrected chi connectivity index (χ0v) is 9.28. The van der Waals surface area contributed by atoms with Crippen LogP contribution in [-0.4, -0.2) is 4.86 Å². The van der Waals surface area contributed by atoms with Gasteiger partial charge in [-0.3, -0.25) is 0 Å². The first kappa shape index (κ1) is 10.5. The maximum Gasteiger partial charge on any atom is 0.109 e. The Morgan fingerprint density at radius 2 is 2.08 bits per heavy atom. The van der Waals surface area contributed by atoms with Gasteiger partial charge in [0.05, 0.1) is 6.26 Å². The van der Waals surface area contributed by atoms with Gasteiger partial charge in [0.1, 0.15) is 5.76 Å². The average molecular weight is 196 g/mol. The molecule has 1 aromatic heterocycles. The first-order valence-electron chi connectivity index (χ1n) is 4.79. The molecule has 0 amide bonds. The molecule has 1 rings (SSSR count). The van der Waals surface area contributed by atoms with Crippen molar-refractivity contribution in [1.82, 2.24) is 0 Å². The van der Waals surface area contributed by atoms with E-state index in [4.69, 9.17) is 16.6 Å². The lowest BCUT2D eigenvalue weighted by atomic mass is 9.95. The van der Waals surface area contributed by atoms with E-state index in [1.165, 1.54) is 0 Å². The molecule has 0 fully saturated rings. The quantitative estimate of drug-likeness (QED) is 0.537. The van der Waals surface area contributed by atoms with E-state index in [2.05, 4.69) is 13.8 Å². The summed E-state index contributed by atoms with van der Waals surface area (Å²) in [6.45, 7) is 6.32. The minimum Gasteiger partial charge on any atom is -0.469 e. The summed E-state index contributed by atoms with van der Waals surface area (Å²) < 4.78 is 5.24. The molecular formula is C11H16OS. The van der Waals surface area contributed by atoms with Crippen LogP contribution >= 0.6 is 12.2 Å². The maximum absolute atomic E-state index is 5.42. The number of thiocarbonyl (C=S) groups is 1. The standard InChI is InChI=1S/C11H16OS/c1-4-9(5-2)11(13)10-6-7-12-8(10)3/h6-7,9H,4-5H2,1-3H3. The summed E-state index contributed by atoms with van der Waals surface area (Å²) in [6, 6.07) is 1.97. The minimum absolute atomic E-state index is 0.520. The second-order valence-corrected chi connectivity index (χ2v) is 3.71. The molecule has 1 nitrogen and oxygen atoms in total. The summed E-state index contributed by atoms with van der Waals surface area (Å²) in [5.74, 6) is 1.46. The molecule has 0 N–H and O–H groups in total. The van der Waals surface area contributed by atoms with Crippen LogP contribution in [0.15, 0.2) is 16.7 Å². The highest BCUT2D eigenvalue weighted by Crippen LogP contribution is 2.20. The number of aryl methyl sites for hydroxylation is 1. The molecule has 0 radical (unpaired) electrons. The summed E-state index contributed by atoms with van der Waals surface area (Å²) in [5.41, 5.74) is 1.11. The molecule has 0 aliphatic heterocycles. The predicted molar refractivity (Wildman–Crippen MR) is 59.2 cm³/mol. The second-order valence-electron chi connectivity index (χ2n) is 3.27. The molecular weight excluding hydrogens is 180 g/mol. The van der Waals surface area contributed by atoms with Crippen molar-refractivity contribution in [3.05, 3.63) is 23.7 Å². The van der Waals surface area contributed by atoms with Gasteiger partial charge >= 0.3 is 0 Å². The normalized spacial score (nSPS) is 10.8. The minimum atomic E-state index is 0.520. The lowest BCUT2D eigenvalue weighted by Gasteiger charge is -2.12. The highest BCUT2D eigenvalue weighted by molar-refractivity contribution is 7.80. The van der Waals surface area contributed by atoms with Crippen LogP contribution in [0.3, 0.4) is 0 Å². The van der Waals surface area contributed by atoms with Crippen molar-refractivity contribution in [1.29, 1.82) is 0 Å². The van der Waals surface area contributed by atoms with Crippen molar-refractivity contribution in [3.8, 4) is 0 Å². The molecule has 0 aromatic carbocycles. The van der Waals surface area contributed by atoms with Gasteiger partial charge in [-0.25, -0.2) is 0 Å². The summed E-state index contributed by atoms with van der Waals surface area (Å²) >= 11 is 5.42. The molecule has 1 heterocycles. The van der Waals surface area contributed by atoms with E-state index in [1.54, 1.807) is 6.26 Å². The highest BCUT2D eigenvalue weighted by Gasteiger charge is 2.15. The van der Waals surface area contributed by atoms with Crippen molar-refractivity contribution in [3.63, 3.8) is 0 Å². The van der Waals surface area contributed by atoms with E-state index in [1.807, 2.05) is 13.0 Å². The van der Waals surface area contributed by atoms with E-state index < -0.39 is 0 Å². The Hall–Kier alpha value is -0.630. The fourth-order valence-electron chi connectivity index (χ4n) is 1.52. The molecule has 13 heavy (non-hydrogen) atoms. The zero-order chi connectivity index (χ0) is 9.84. The van der Waals surface area contributed by atoms with Crippen molar-refractivity contribution in [2.45, 2.75) is 33.6 Å². The van der Waals surface area contributed by atoms with Crippen molar-refractivity contribution >= 4 is 17.1 Å². The van der Waals surface area contributed by atoms with Gasteiger partial charge in [-0.15, -0.1) is 0 Å². The Morgan fingerprint density at radius 1 is 1.46 bits per heavy atom. The third kappa shape index (κ3) is 2.19. The Bertz CT molecular complexity index is 284. The summed E-state index contributed by atoms with van der Waals surface area (Å²) in [7, 11) is 0. The molecule has 1 aromatic rings. The molecule has 0 spiro atoms. The molecule has 2 heteroatoms.